The molecule has 3 rings (SSSR count). The Balaban J connectivity index is 1.89. The molecule has 158 valence electrons. The molecule has 7 nitrogen and oxygen atoms in total. The van der Waals surface area contributed by atoms with Crippen molar-refractivity contribution in [2.24, 2.45) is 0 Å². The maximum absolute atomic E-state index is 13.4. The summed E-state index contributed by atoms with van der Waals surface area (Å²) in [5, 5.41) is 11.9. The molecule has 0 saturated carbocycles. The summed E-state index contributed by atoms with van der Waals surface area (Å²) in [7, 11) is -3.90. The molecule has 0 spiro atoms. The summed E-state index contributed by atoms with van der Waals surface area (Å²) in [5.41, 5.74) is 2.35. The number of hydrogen-bond donors (Lipinski definition) is 1. The third-order valence-electron chi connectivity index (χ3n) is 4.21. The molecule has 2 aromatic carbocycles. The number of anilines is 2. The summed E-state index contributed by atoms with van der Waals surface area (Å²) in [4.78, 5) is 12.5. The fraction of sp³-hybridized carbons (Fsp3) is 0.250. The number of aryl methyl sites for hydroxylation is 3. The van der Waals surface area contributed by atoms with Crippen molar-refractivity contribution in [2.75, 3.05) is 16.2 Å². The Morgan fingerprint density at radius 1 is 1.07 bits per heavy atom. The van der Waals surface area contributed by atoms with Gasteiger partial charge in [0.15, 0.2) is 0 Å². The van der Waals surface area contributed by atoms with Gasteiger partial charge in [-0.15, -0.1) is 10.2 Å². The molecule has 0 bridgehead atoms. The SMILES string of the molecule is Cc1cc(C)cc(N(CCC(=O)Nc2nnc(C)s2)S(=O)(=O)c2ccc(Cl)cc2)c1. The molecule has 0 aliphatic heterocycles. The number of carbonyl (C=O) groups is 1. The highest BCUT2D eigenvalue weighted by atomic mass is 35.5. The monoisotopic (exact) mass is 464 g/mol. The summed E-state index contributed by atoms with van der Waals surface area (Å²) < 4.78 is 28.0. The van der Waals surface area contributed by atoms with Gasteiger partial charge >= 0.3 is 0 Å². The average Bonchev–Trinajstić information content (AvgIpc) is 3.06. The Morgan fingerprint density at radius 3 is 2.27 bits per heavy atom. The van der Waals surface area contributed by atoms with Crippen LogP contribution >= 0.6 is 22.9 Å². The zero-order chi connectivity index (χ0) is 21.9. The standard InChI is InChI=1S/C20H21ClN4O3S2/c1-13-10-14(2)12-17(11-13)25(30(27,28)18-6-4-16(21)5-7-18)9-8-19(26)22-20-24-23-15(3)29-20/h4-7,10-12H,8-9H2,1-3H3,(H,22,24,26). The molecule has 10 heteroatoms. The van der Waals surface area contributed by atoms with Gasteiger partial charge in [0.1, 0.15) is 5.01 Å². The second kappa shape index (κ2) is 9.11. The van der Waals surface area contributed by atoms with Crippen LogP contribution < -0.4 is 9.62 Å². The number of benzene rings is 2. The molecule has 3 aromatic rings. The van der Waals surface area contributed by atoms with E-state index in [-0.39, 0.29) is 23.8 Å². The minimum absolute atomic E-state index is 0.0303. The van der Waals surface area contributed by atoms with Crippen LogP contribution in [0.1, 0.15) is 22.6 Å². The number of amides is 1. The highest BCUT2D eigenvalue weighted by Crippen LogP contribution is 2.27. The van der Waals surface area contributed by atoms with Gasteiger partial charge < -0.3 is 5.32 Å². The van der Waals surface area contributed by atoms with Crippen LogP contribution in [0.15, 0.2) is 47.4 Å². The molecule has 30 heavy (non-hydrogen) atoms. The van der Waals surface area contributed by atoms with Gasteiger partial charge in [-0.3, -0.25) is 9.10 Å². The first-order valence-electron chi connectivity index (χ1n) is 9.12. The lowest BCUT2D eigenvalue weighted by Gasteiger charge is -2.25. The smallest absolute Gasteiger partial charge is 0.264 e. The van der Waals surface area contributed by atoms with E-state index < -0.39 is 10.0 Å². The topological polar surface area (TPSA) is 92.3 Å². The first-order chi connectivity index (χ1) is 14.1. The van der Waals surface area contributed by atoms with E-state index in [0.717, 1.165) is 16.1 Å². The number of nitrogens with zero attached hydrogens (tertiary/aromatic N) is 3. The van der Waals surface area contributed by atoms with Gasteiger partial charge in [0, 0.05) is 18.0 Å². The Labute approximate surface area is 184 Å². The number of sulfonamides is 1. The van der Waals surface area contributed by atoms with Crippen LogP contribution in [0.5, 0.6) is 0 Å². The van der Waals surface area contributed by atoms with E-state index in [9.17, 15) is 13.2 Å². The summed E-state index contributed by atoms with van der Waals surface area (Å²) in [6.07, 6.45) is -0.0432. The quantitative estimate of drug-likeness (QED) is 0.561. The van der Waals surface area contributed by atoms with Gasteiger partial charge in [0.25, 0.3) is 10.0 Å². The van der Waals surface area contributed by atoms with Crippen LogP contribution in [-0.2, 0) is 14.8 Å². The first kappa shape index (κ1) is 22.2. The predicted molar refractivity (Wildman–Crippen MR) is 120 cm³/mol. The second-order valence-electron chi connectivity index (χ2n) is 6.80. The number of rotatable bonds is 7. The fourth-order valence-electron chi connectivity index (χ4n) is 2.95. The summed E-state index contributed by atoms with van der Waals surface area (Å²) in [5.74, 6) is -0.341. The minimum atomic E-state index is -3.90. The molecule has 1 aromatic heterocycles. The molecule has 0 aliphatic rings. The van der Waals surface area contributed by atoms with Gasteiger partial charge in [-0.25, -0.2) is 8.42 Å². The van der Waals surface area contributed by atoms with Crippen molar-refractivity contribution in [2.45, 2.75) is 32.1 Å². The lowest BCUT2D eigenvalue weighted by molar-refractivity contribution is -0.116. The Hall–Kier alpha value is -2.49. The molecule has 1 heterocycles. The highest BCUT2D eigenvalue weighted by Gasteiger charge is 2.26. The largest absolute Gasteiger partial charge is 0.300 e. The third-order valence-corrected chi connectivity index (χ3v) is 7.06. The van der Waals surface area contributed by atoms with Crippen molar-refractivity contribution < 1.29 is 13.2 Å². The van der Waals surface area contributed by atoms with Crippen molar-refractivity contribution >= 4 is 49.7 Å². The lowest BCUT2D eigenvalue weighted by Crippen LogP contribution is -2.34. The summed E-state index contributed by atoms with van der Waals surface area (Å²) in [6, 6.07) is 11.5. The van der Waals surface area contributed by atoms with E-state index in [0.29, 0.717) is 15.8 Å². The Bertz CT molecular complexity index is 1140. The van der Waals surface area contributed by atoms with Gasteiger partial charge in [0.2, 0.25) is 11.0 Å². The highest BCUT2D eigenvalue weighted by molar-refractivity contribution is 7.92. The number of nitrogens with one attached hydrogen (secondary N) is 1. The average molecular weight is 465 g/mol. The molecule has 0 atom stereocenters. The molecule has 0 radical (unpaired) electrons. The van der Waals surface area contributed by atoms with E-state index in [1.165, 1.54) is 39.9 Å². The normalized spacial score (nSPS) is 11.3. The van der Waals surface area contributed by atoms with Crippen LogP contribution in [0.25, 0.3) is 0 Å². The van der Waals surface area contributed by atoms with Crippen molar-refractivity contribution in [1.82, 2.24) is 10.2 Å². The predicted octanol–water partition coefficient (Wildman–Crippen LogP) is 4.34. The van der Waals surface area contributed by atoms with Crippen LogP contribution in [0.2, 0.25) is 5.02 Å². The number of halogens is 1. The van der Waals surface area contributed by atoms with Gasteiger partial charge in [0.05, 0.1) is 10.6 Å². The molecule has 0 fully saturated rings. The van der Waals surface area contributed by atoms with E-state index in [2.05, 4.69) is 15.5 Å². The molecule has 0 saturated heterocycles. The van der Waals surface area contributed by atoms with Gasteiger partial charge in [-0.2, -0.15) is 0 Å². The zero-order valence-corrected chi connectivity index (χ0v) is 19.1. The summed E-state index contributed by atoms with van der Waals surface area (Å²) in [6.45, 7) is 5.55. The van der Waals surface area contributed by atoms with Crippen LogP contribution in [0.4, 0.5) is 10.8 Å². The van der Waals surface area contributed by atoms with Crippen molar-refractivity contribution in [3.8, 4) is 0 Å². The maximum Gasteiger partial charge on any atom is 0.264 e. The van der Waals surface area contributed by atoms with Crippen LogP contribution in [0, 0.1) is 20.8 Å². The summed E-state index contributed by atoms with van der Waals surface area (Å²) >= 11 is 7.17. The third kappa shape index (κ3) is 5.35. The van der Waals surface area contributed by atoms with Gasteiger partial charge in [-0.1, -0.05) is 29.0 Å². The van der Waals surface area contributed by atoms with Crippen molar-refractivity contribution in [3.05, 3.63) is 63.6 Å². The van der Waals surface area contributed by atoms with E-state index in [4.69, 9.17) is 11.6 Å². The van der Waals surface area contributed by atoms with Crippen molar-refractivity contribution in [3.63, 3.8) is 0 Å². The molecule has 0 aliphatic carbocycles. The number of aromatic nitrogens is 2. The molecular weight excluding hydrogens is 444 g/mol. The lowest BCUT2D eigenvalue weighted by atomic mass is 10.1. The van der Waals surface area contributed by atoms with E-state index >= 15 is 0 Å². The fourth-order valence-corrected chi connectivity index (χ4v) is 5.13. The maximum atomic E-state index is 13.4. The Morgan fingerprint density at radius 2 is 1.70 bits per heavy atom. The number of carbonyl (C=O) groups excluding carboxylic acids is 1. The molecular formula is C20H21ClN4O3S2. The zero-order valence-electron chi connectivity index (χ0n) is 16.7. The van der Waals surface area contributed by atoms with E-state index in [1.807, 2.05) is 19.9 Å². The van der Waals surface area contributed by atoms with Gasteiger partial charge in [-0.05, 0) is 68.3 Å². The molecule has 0 unspecified atom stereocenters. The molecule has 1 amide bonds. The minimum Gasteiger partial charge on any atom is -0.300 e. The number of hydrogen-bond acceptors (Lipinski definition) is 6. The van der Waals surface area contributed by atoms with Crippen LogP contribution in [-0.4, -0.2) is 31.1 Å². The van der Waals surface area contributed by atoms with E-state index in [1.54, 1.807) is 19.1 Å². The first-order valence-corrected chi connectivity index (χ1v) is 11.7. The second-order valence-corrected chi connectivity index (χ2v) is 10.3. The Kier molecular flexibility index (Phi) is 6.74. The van der Waals surface area contributed by atoms with Crippen molar-refractivity contribution in [1.29, 1.82) is 0 Å². The molecule has 1 N–H and O–H groups in total. The van der Waals surface area contributed by atoms with Crippen LogP contribution in [0.3, 0.4) is 0 Å².